The second kappa shape index (κ2) is 8.75. The molecule has 1 aromatic heterocycles. The quantitative estimate of drug-likeness (QED) is 0.561. The Bertz CT molecular complexity index is 819. The fourth-order valence-corrected chi connectivity index (χ4v) is 5.59. The number of nitrogens with zero attached hydrogens (tertiary/aromatic N) is 2. The number of hydrogen-bond acceptors (Lipinski definition) is 6. The van der Waals surface area contributed by atoms with Gasteiger partial charge in [0.15, 0.2) is 0 Å². The van der Waals surface area contributed by atoms with Gasteiger partial charge in [-0.15, -0.1) is 11.3 Å². The van der Waals surface area contributed by atoms with Crippen molar-refractivity contribution in [1.82, 2.24) is 9.80 Å². The number of likely N-dealkylation sites (tertiary alicyclic amines) is 1. The molecule has 6 nitrogen and oxygen atoms in total. The largest absolute Gasteiger partial charge is 0.480 e. The molecule has 2 fully saturated rings. The molecular formula is C19H22N2O4S3. The average Bonchev–Trinajstić information content (AvgIpc) is 3.25. The first-order valence-corrected chi connectivity index (χ1v) is 11.3. The first-order valence-electron chi connectivity index (χ1n) is 9.15. The lowest BCUT2D eigenvalue weighted by molar-refractivity contribution is -0.155. The van der Waals surface area contributed by atoms with E-state index >= 15 is 0 Å². The van der Waals surface area contributed by atoms with Crippen LogP contribution in [0.3, 0.4) is 0 Å². The number of amides is 2. The third kappa shape index (κ3) is 4.16. The van der Waals surface area contributed by atoms with Crippen molar-refractivity contribution in [2.45, 2.75) is 45.2 Å². The summed E-state index contributed by atoms with van der Waals surface area (Å²) in [5.74, 6) is -1.83. The number of carbonyl (C=O) groups is 3. The number of carboxylic acids is 1. The van der Waals surface area contributed by atoms with Crippen LogP contribution in [0.25, 0.3) is 6.08 Å². The van der Waals surface area contributed by atoms with Crippen LogP contribution < -0.4 is 0 Å². The van der Waals surface area contributed by atoms with E-state index in [2.05, 4.69) is 0 Å². The molecule has 150 valence electrons. The van der Waals surface area contributed by atoms with E-state index in [1.165, 1.54) is 32.9 Å². The lowest BCUT2D eigenvalue weighted by Gasteiger charge is -2.38. The van der Waals surface area contributed by atoms with Gasteiger partial charge >= 0.3 is 5.97 Å². The number of piperidine rings is 1. The highest BCUT2D eigenvalue weighted by Crippen LogP contribution is 2.37. The maximum absolute atomic E-state index is 13.3. The highest BCUT2D eigenvalue weighted by Gasteiger charge is 2.45. The van der Waals surface area contributed by atoms with E-state index in [1.54, 1.807) is 6.08 Å². The Morgan fingerprint density at radius 1 is 1.36 bits per heavy atom. The van der Waals surface area contributed by atoms with Gasteiger partial charge in [-0.25, -0.2) is 4.79 Å². The predicted molar refractivity (Wildman–Crippen MR) is 115 cm³/mol. The molecule has 9 heteroatoms. The van der Waals surface area contributed by atoms with E-state index in [0.717, 1.165) is 17.7 Å². The fourth-order valence-electron chi connectivity index (χ4n) is 3.54. The van der Waals surface area contributed by atoms with E-state index in [9.17, 15) is 19.5 Å². The predicted octanol–water partition coefficient (Wildman–Crippen LogP) is 3.44. The minimum absolute atomic E-state index is 0.201. The van der Waals surface area contributed by atoms with Crippen molar-refractivity contribution in [2.24, 2.45) is 5.92 Å². The summed E-state index contributed by atoms with van der Waals surface area (Å²) in [6, 6.07) is 2.16. The van der Waals surface area contributed by atoms with E-state index in [4.69, 9.17) is 12.2 Å². The van der Waals surface area contributed by atoms with Crippen LogP contribution in [0, 0.1) is 5.92 Å². The van der Waals surface area contributed by atoms with Crippen LogP contribution in [0.15, 0.2) is 22.4 Å². The summed E-state index contributed by atoms with van der Waals surface area (Å²) in [6.45, 7) is 4.09. The van der Waals surface area contributed by atoms with Crippen LogP contribution in [0.5, 0.6) is 0 Å². The Morgan fingerprint density at radius 2 is 2.11 bits per heavy atom. The second-order valence-corrected chi connectivity index (χ2v) is 9.79. The lowest BCUT2D eigenvalue weighted by atomic mass is 9.96. The first-order chi connectivity index (χ1) is 13.3. The molecule has 2 atom stereocenters. The van der Waals surface area contributed by atoms with Gasteiger partial charge in [0.25, 0.3) is 5.91 Å². The SMILES string of the molecule is CC(C)C(C(=O)N1CCCCC1C(=O)O)N1C(=O)C(=Cc2cccs2)SC1=S. The molecule has 0 saturated carbocycles. The van der Waals surface area contributed by atoms with Crippen molar-refractivity contribution in [1.29, 1.82) is 0 Å². The van der Waals surface area contributed by atoms with Crippen molar-refractivity contribution in [2.75, 3.05) is 6.54 Å². The molecule has 1 aromatic rings. The van der Waals surface area contributed by atoms with E-state index in [-0.39, 0.29) is 17.7 Å². The summed E-state index contributed by atoms with van der Waals surface area (Å²) >= 11 is 8.13. The van der Waals surface area contributed by atoms with Crippen molar-refractivity contribution in [3.8, 4) is 0 Å². The van der Waals surface area contributed by atoms with Gasteiger partial charge in [-0.1, -0.05) is 43.9 Å². The second-order valence-electron chi connectivity index (χ2n) is 7.14. The monoisotopic (exact) mass is 438 g/mol. The highest BCUT2D eigenvalue weighted by atomic mass is 32.2. The van der Waals surface area contributed by atoms with E-state index < -0.39 is 18.1 Å². The summed E-state index contributed by atoms with van der Waals surface area (Å²) < 4.78 is 0.337. The molecule has 28 heavy (non-hydrogen) atoms. The van der Waals surface area contributed by atoms with Gasteiger partial charge in [0.2, 0.25) is 5.91 Å². The summed E-state index contributed by atoms with van der Waals surface area (Å²) in [7, 11) is 0. The number of carbonyl (C=O) groups excluding carboxylic acids is 2. The number of carboxylic acid groups (broad SMARTS) is 1. The van der Waals surface area contributed by atoms with Crippen molar-refractivity contribution in [3.05, 3.63) is 27.3 Å². The van der Waals surface area contributed by atoms with E-state index in [1.807, 2.05) is 31.4 Å². The fraction of sp³-hybridized carbons (Fsp3) is 0.474. The van der Waals surface area contributed by atoms with Gasteiger partial charge in [-0.3, -0.25) is 14.5 Å². The Kier molecular flexibility index (Phi) is 6.57. The molecule has 0 aliphatic carbocycles. The normalized spacial score (nSPS) is 23.0. The molecule has 1 N–H and O–H groups in total. The van der Waals surface area contributed by atoms with E-state index in [0.29, 0.717) is 22.2 Å². The minimum Gasteiger partial charge on any atom is -0.480 e. The molecule has 2 aliphatic rings. The van der Waals surface area contributed by atoms with Crippen molar-refractivity contribution in [3.63, 3.8) is 0 Å². The Labute approximate surface area is 177 Å². The van der Waals surface area contributed by atoms with Crippen LogP contribution in [0.2, 0.25) is 0 Å². The van der Waals surface area contributed by atoms with Gasteiger partial charge in [-0.05, 0) is 42.7 Å². The van der Waals surface area contributed by atoms with Gasteiger partial charge in [-0.2, -0.15) is 0 Å². The standard InChI is InChI=1S/C19H22N2O4S3/c1-11(2)15(17(23)20-8-4-3-7-13(20)18(24)25)21-16(22)14(28-19(21)26)10-12-6-5-9-27-12/h5-6,9-11,13,15H,3-4,7-8H2,1-2H3,(H,24,25). The third-order valence-corrected chi connectivity index (χ3v) is 7.02. The summed E-state index contributed by atoms with van der Waals surface area (Å²) in [6.07, 6.45) is 3.75. The Hall–Kier alpha value is -1.71. The van der Waals surface area contributed by atoms with Crippen LogP contribution >= 0.6 is 35.3 Å². The first kappa shape index (κ1) is 21.0. The molecule has 2 saturated heterocycles. The van der Waals surface area contributed by atoms with Crippen molar-refractivity contribution >= 4 is 63.5 Å². The zero-order valence-electron chi connectivity index (χ0n) is 15.7. The smallest absolute Gasteiger partial charge is 0.326 e. The molecule has 0 aromatic carbocycles. The number of thiophene rings is 1. The third-order valence-electron chi connectivity index (χ3n) is 4.87. The van der Waals surface area contributed by atoms with Crippen LogP contribution in [-0.2, 0) is 14.4 Å². The average molecular weight is 439 g/mol. The number of thiocarbonyl (C=S) groups is 1. The molecule has 3 rings (SSSR count). The van der Waals surface area contributed by atoms with Gasteiger partial charge in [0.1, 0.15) is 16.4 Å². The number of hydrogen-bond donors (Lipinski definition) is 1. The zero-order chi connectivity index (χ0) is 20.4. The summed E-state index contributed by atoms with van der Waals surface area (Å²) in [5, 5.41) is 11.4. The lowest BCUT2D eigenvalue weighted by Crippen LogP contribution is -2.57. The Morgan fingerprint density at radius 3 is 2.71 bits per heavy atom. The molecule has 2 amide bonds. The van der Waals surface area contributed by atoms with Gasteiger partial charge in [0, 0.05) is 11.4 Å². The highest BCUT2D eigenvalue weighted by molar-refractivity contribution is 8.26. The van der Waals surface area contributed by atoms with Crippen LogP contribution in [-0.4, -0.2) is 55.6 Å². The number of thioether (sulfide) groups is 1. The maximum Gasteiger partial charge on any atom is 0.326 e. The maximum atomic E-state index is 13.3. The zero-order valence-corrected chi connectivity index (χ0v) is 18.1. The molecule has 0 bridgehead atoms. The number of aliphatic carboxylic acids is 1. The molecule has 0 spiro atoms. The topological polar surface area (TPSA) is 77.9 Å². The van der Waals surface area contributed by atoms with Crippen LogP contribution in [0.4, 0.5) is 0 Å². The molecule has 3 heterocycles. The number of rotatable bonds is 5. The summed E-state index contributed by atoms with van der Waals surface area (Å²) in [4.78, 5) is 42.2. The van der Waals surface area contributed by atoms with Crippen molar-refractivity contribution < 1.29 is 19.5 Å². The molecular weight excluding hydrogens is 416 g/mol. The minimum atomic E-state index is -1.00. The Balaban J connectivity index is 1.89. The van der Waals surface area contributed by atoms with Gasteiger partial charge < -0.3 is 10.0 Å². The molecule has 2 unspecified atom stereocenters. The van der Waals surface area contributed by atoms with Crippen LogP contribution in [0.1, 0.15) is 38.0 Å². The molecule has 2 aliphatic heterocycles. The van der Waals surface area contributed by atoms with Gasteiger partial charge in [0.05, 0.1) is 4.91 Å². The molecule has 0 radical (unpaired) electrons. The summed E-state index contributed by atoms with van der Waals surface area (Å²) in [5.41, 5.74) is 0.